The molecule has 0 aliphatic rings. The number of halogens is 1. The molecule has 3 nitrogen and oxygen atoms in total. The van der Waals surface area contributed by atoms with E-state index in [9.17, 15) is 0 Å². The minimum atomic E-state index is 0.726. The molecule has 62 valence electrons. The van der Waals surface area contributed by atoms with E-state index in [4.69, 9.17) is 4.42 Å². The fourth-order valence-corrected chi connectivity index (χ4v) is 1.28. The molecule has 2 heterocycles. The van der Waals surface area contributed by atoms with Gasteiger partial charge in [-0.25, -0.2) is 4.98 Å². The highest BCUT2D eigenvalue weighted by Crippen LogP contribution is 2.17. The number of imidazole rings is 1. The smallest absolute Gasteiger partial charge is 0.206 e. The van der Waals surface area contributed by atoms with Crippen LogP contribution in [-0.4, -0.2) is 9.55 Å². The number of nitrogens with zero attached hydrogens (tertiary/aromatic N) is 2. The van der Waals surface area contributed by atoms with Crippen molar-refractivity contribution in [3.05, 3.63) is 35.0 Å². The summed E-state index contributed by atoms with van der Waals surface area (Å²) >= 11 is 3.24. The maximum atomic E-state index is 5.32. The molecule has 0 saturated carbocycles. The van der Waals surface area contributed by atoms with Gasteiger partial charge in [-0.1, -0.05) is 0 Å². The minimum Gasteiger partial charge on any atom is -0.433 e. The second-order valence-electron chi connectivity index (χ2n) is 2.50. The van der Waals surface area contributed by atoms with E-state index in [1.807, 2.05) is 29.8 Å². The van der Waals surface area contributed by atoms with Crippen LogP contribution in [0.4, 0.5) is 0 Å². The molecule has 0 radical (unpaired) electrons. The van der Waals surface area contributed by atoms with Gasteiger partial charge >= 0.3 is 0 Å². The summed E-state index contributed by atoms with van der Waals surface area (Å²) < 4.78 is 7.88. The van der Waals surface area contributed by atoms with Gasteiger partial charge in [-0.2, -0.15) is 0 Å². The number of aromatic nitrogens is 2. The number of furan rings is 1. The number of aryl methyl sites for hydroxylation is 1. The molecule has 2 aromatic heterocycles. The Kier molecular flexibility index (Phi) is 1.77. The molecule has 2 rings (SSSR count). The first-order valence-electron chi connectivity index (χ1n) is 3.52. The first-order valence-corrected chi connectivity index (χ1v) is 4.31. The Hall–Kier alpha value is -1.03. The quantitative estimate of drug-likeness (QED) is 0.749. The summed E-state index contributed by atoms with van der Waals surface area (Å²) in [4.78, 5) is 4.09. The van der Waals surface area contributed by atoms with Crippen LogP contribution >= 0.6 is 15.9 Å². The molecular formula is C8H7BrN2O. The van der Waals surface area contributed by atoms with Gasteiger partial charge in [0.15, 0.2) is 4.67 Å². The second kappa shape index (κ2) is 2.79. The van der Waals surface area contributed by atoms with Crippen LogP contribution in [0.1, 0.15) is 5.69 Å². The maximum absolute atomic E-state index is 5.32. The number of hydrogen-bond acceptors (Lipinski definition) is 2. The third-order valence-corrected chi connectivity index (χ3v) is 1.95. The highest BCUT2D eigenvalue weighted by Gasteiger charge is 2.01. The van der Waals surface area contributed by atoms with Gasteiger partial charge in [-0.15, -0.1) is 0 Å². The summed E-state index contributed by atoms with van der Waals surface area (Å²) in [5.74, 6) is 0.766. The normalized spacial score (nSPS) is 10.5. The van der Waals surface area contributed by atoms with Gasteiger partial charge in [0.1, 0.15) is 6.33 Å². The lowest BCUT2D eigenvalue weighted by Gasteiger charge is -1.92. The molecule has 0 aliphatic heterocycles. The van der Waals surface area contributed by atoms with Crippen LogP contribution in [0.25, 0.3) is 5.88 Å². The third kappa shape index (κ3) is 1.30. The Morgan fingerprint density at radius 2 is 2.33 bits per heavy atom. The topological polar surface area (TPSA) is 31.0 Å². The van der Waals surface area contributed by atoms with Crippen LogP contribution in [0.5, 0.6) is 0 Å². The van der Waals surface area contributed by atoms with Gasteiger partial charge in [-0.3, -0.25) is 4.57 Å². The van der Waals surface area contributed by atoms with Crippen molar-refractivity contribution < 1.29 is 4.42 Å². The molecule has 2 aromatic rings. The van der Waals surface area contributed by atoms with E-state index in [-0.39, 0.29) is 0 Å². The molecule has 0 unspecified atom stereocenters. The van der Waals surface area contributed by atoms with Crippen molar-refractivity contribution in [1.29, 1.82) is 0 Å². The molecule has 12 heavy (non-hydrogen) atoms. The van der Waals surface area contributed by atoms with Crippen LogP contribution in [0, 0.1) is 6.92 Å². The SMILES string of the molecule is Cc1cn(-c2ccc(Br)o2)cn1. The predicted molar refractivity (Wildman–Crippen MR) is 48.3 cm³/mol. The van der Waals surface area contributed by atoms with Gasteiger partial charge in [0.25, 0.3) is 0 Å². The zero-order valence-electron chi connectivity index (χ0n) is 6.49. The Bertz CT molecular complexity index is 353. The molecule has 0 N–H and O–H groups in total. The van der Waals surface area contributed by atoms with E-state index in [1.54, 1.807) is 6.33 Å². The summed E-state index contributed by atoms with van der Waals surface area (Å²) in [5, 5.41) is 0. The molecule has 4 heteroatoms. The molecule has 0 amide bonds. The summed E-state index contributed by atoms with van der Waals surface area (Å²) in [5.41, 5.74) is 0.975. The van der Waals surface area contributed by atoms with E-state index >= 15 is 0 Å². The number of rotatable bonds is 1. The molecule has 0 fully saturated rings. The summed E-state index contributed by atoms with van der Waals surface area (Å²) in [6.45, 7) is 1.94. The zero-order chi connectivity index (χ0) is 8.55. The molecular weight excluding hydrogens is 220 g/mol. The van der Waals surface area contributed by atoms with Crippen molar-refractivity contribution in [3.8, 4) is 5.88 Å². The van der Waals surface area contributed by atoms with E-state index in [2.05, 4.69) is 20.9 Å². The summed E-state index contributed by atoms with van der Waals surface area (Å²) in [6.07, 6.45) is 3.63. The fourth-order valence-electron chi connectivity index (χ4n) is 0.985. The first kappa shape index (κ1) is 7.61. The van der Waals surface area contributed by atoms with Gasteiger partial charge in [0.2, 0.25) is 5.88 Å². The van der Waals surface area contributed by atoms with E-state index < -0.39 is 0 Å². The monoisotopic (exact) mass is 226 g/mol. The van der Waals surface area contributed by atoms with Crippen molar-refractivity contribution in [2.75, 3.05) is 0 Å². The van der Waals surface area contributed by atoms with Crippen molar-refractivity contribution in [2.24, 2.45) is 0 Å². The summed E-state index contributed by atoms with van der Waals surface area (Å²) in [7, 11) is 0. The molecule has 0 atom stereocenters. The standard InChI is InChI=1S/C8H7BrN2O/c1-6-4-11(5-10-6)8-3-2-7(9)12-8/h2-5H,1H3. The van der Waals surface area contributed by atoms with Gasteiger partial charge in [0.05, 0.1) is 5.69 Å². The molecule has 0 bridgehead atoms. The van der Waals surface area contributed by atoms with Crippen molar-refractivity contribution in [2.45, 2.75) is 6.92 Å². The van der Waals surface area contributed by atoms with Crippen molar-refractivity contribution in [1.82, 2.24) is 9.55 Å². The molecule has 0 aromatic carbocycles. The third-order valence-electron chi connectivity index (χ3n) is 1.53. The first-order chi connectivity index (χ1) is 5.75. The molecule has 0 saturated heterocycles. The zero-order valence-corrected chi connectivity index (χ0v) is 8.08. The average Bonchev–Trinajstić information content (AvgIpc) is 2.58. The van der Waals surface area contributed by atoms with E-state index in [0.29, 0.717) is 0 Å². The van der Waals surface area contributed by atoms with Gasteiger partial charge in [0, 0.05) is 12.3 Å². The second-order valence-corrected chi connectivity index (χ2v) is 3.28. The fraction of sp³-hybridized carbons (Fsp3) is 0.125. The number of hydrogen-bond donors (Lipinski definition) is 0. The van der Waals surface area contributed by atoms with Crippen molar-refractivity contribution >= 4 is 15.9 Å². The van der Waals surface area contributed by atoms with Gasteiger partial charge in [-0.05, 0) is 28.9 Å². The highest BCUT2D eigenvalue weighted by atomic mass is 79.9. The maximum Gasteiger partial charge on any atom is 0.206 e. The lowest BCUT2D eigenvalue weighted by Crippen LogP contribution is -1.84. The summed E-state index contributed by atoms with van der Waals surface area (Å²) in [6, 6.07) is 3.73. The Morgan fingerprint density at radius 1 is 1.50 bits per heavy atom. The Balaban J connectivity index is 2.43. The minimum absolute atomic E-state index is 0.726. The van der Waals surface area contributed by atoms with E-state index in [0.717, 1.165) is 16.2 Å². The van der Waals surface area contributed by atoms with E-state index in [1.165, 1.54) is 0 Å². The molecule has 0 spiro atoms. The van der Waals surface area contributed by atoms with Crippen LogP contribution in [0.2, 0.25) is 0 Å². The van der Waals surface area contributed by atoms with Crippen molar-refractivity contribution in [3.63, 3.8) is 0 Å². The Labute approximate surface area is 78.2 Å². The largest absolute Gasteiger partial charge is 0.433 e. The Morgan fingerprint density at radius 3 is 2.83 bits per heavy atom. The highest BCUT2D eigenvalue weighted by molar-refractivity contribution is 9.10. The van der Waals surface area contributed by atoms with Crippen LogP contribution < -0.4 is 0 Å². The van der Waals surface area contributed by atoms with Crippen LogP contribution in [0.15, 0.2) is 33.7 Å². The lowest BCUT2D eigenvalue weighted by molar-refractivity contribution is 0.515. The lowest BCUT2D eigenvalue weighted by atomic mass is 10.5. The molecule has 0 aliphatic carbocycles. The van der Waals surface area contributed by atoms with Crippen LogP contribution in [-0.2, 0) is 0 Å². The van der Waals surface area contributed by atoms with Crippen LogP contribution in [0.3, 0.4) is 0 Å². The average molecular weight is 227 g/mol. The van der Waals surface area contributed by atoms with Gasteiger partial charge < -0.3 is 4.42 Å². The predicted octanol–water partition coefficient (Wildman–Crippen LogP) is 2.54.